The normalized spacial score (nSPS) is 19.5. The molecule has 1 aliphatic rings. The number of hydrogen-bond acceptors (Lipinski definition) is 5. The fourth-order valence-electron chi connectivity index (χ4n) is 2.55. The van der Waals surface area contributed by atoms with Crippen LogP contribution in [-0.2, 0) is 11.3 Å². The lowest BCUT2D eigenvalue weighted by molar-refractivity contribution is -0.124. The lowest BCUT2D eigenvalue weighted by Gasteiger charge is -2.33. The number of carbonyl (C=O) groups excluding carboxylic acids is 1. The van der Waals surface area contributed by atoms with Gasteiger partial charge in [-0.1, -0.05) is 35.5 Å². The Morgan fingerprint density at radius 3 is 3.00 bits per heavy atom. The summed E-state index contributed by atoms with van der Waals surface area (Å²) in [5.41, 5.74) is 7.24. The Balaban J connectivity index is 1.73. The monoisotopic (exact) mass is 286 g/mol. The maximum atomic E-state index is 11.5. The summed E-state index contributed by atoms with van der Waals surface area (Å²) in [4.78, 5) is 13.5. The minimum Gasteiger partial charge on any atom is -0.368 e. The van der Waals surface area contributed by atoms with E-state index < -0.39 is 0 Å². The van der Waals surface area contributed by atoms with E-state index in [0.29, 0.717) is 13.1 Å². The molecule has 1 aliphatic heterocycles. The van der Waals surface area contributed by atoms with Gasteiger partial charge >= 0.3 is 0 Å². The van der Waals surface area contributed by atoms with Crippen LogP contribution < -0.4 is 11.1 Å². The molecule has 0 radical (unpaired) electrons. The summed E-state index contributed by atoms with van der Waals surface area (Å²) in [6.07, 6.45) is 0. The van der Waals surface area contributed by atoms with Gasteiger partial charge < -0.3 is 15.6 Å². The SMILES string of the molecule is NC(=O)C1CNCCN1Cc1cc(-c2ccccc2)on1. The van der Waals surface area contributed by atoms with Gasteiger partial charge in [-0.05, 0) is 0 Å². The van der Waals surface area contributed by atoms with Gasteiger partial charge in [-0.2, -0.15) is 0 Å². The van der Waals surface area contributed by atoms with Crippen LogP contribution in [0.1, 0.15) is 5.69 Å². The standard InChI is InChI=1S/C15H18N4O2/c16-15(20)13-9-17-6-7-19(13)10-12-8-14(21-18-12)11-4-2-1-3-5-11/h1-5,8,13,17H,6-7,9-10H2,(H2,16,20). The molecule has 1 atom stereocenters. The van der Waals surface area contributed by atoms with Crippen molar-refractivity contribution in [3.05, 3.63) is 42.1 Å². The molecule has 0 saturated carbocycles. The van der Waals surface area contributed by atoms with Crippen molar-refractivity contribution in [1.29, 1.82) is 0 Å². The van der Waals surface area contributed by atoms with Crippen LogP contribution in [0.5, 0.6) is 0 Å². The molecule has 6 nitrogen and oxygen atoms in total. The number of hydrogen-bond donors (Lipinski definition) is 2. The molecule has 1 unspecified atom stereocenters. The summed E-state index contributed by atoms with van der Waals surface area (Å²) < 4.78 is 5.38. The predicted octanol–water partition coefficient (Wildman–Crippen LogP) is 0.601. The van der Waals surface area contributed by atoms with Gasteiger partial charge in [0.05, 0.1) is 5.69 Å². The molecule has 0 aliphatic carbocycles. The molecule has 110 valence electrons. The van der Waals surface area contributed by atoms with E-state index in [2.05, 4.69) is 10.5 Å². The van der Waals surface area contributed by atoms with E-state index in [0.717, 1.165) is 30.1 Å². The number of nitrogens with zero attached hydrogens (tertiary/aromatic N) is 2. The van der Waals surface area contributed by atoms with E-state index in [9.17, 15) is 4.79 Å². The number of benzene rings is 1. The molecule has 2 aromatic rings. The van der Waals surface area contributed by atoms with Gasteiger partial charge in [0, 0.05) is 37.8 Å². The summed E-state index contributed by atoms with van der Waals surface area (Å²) >= 11 is 0. The van der Waals surface area contributed by atoms with Crippen molar-refractivity contribution in [2.45, 2.75) is 12.6 Å². The molecule has 0 bridgehead atoms. The van der Waals surface area contributed by atoms with Gasteiger partial charge in [0.15, 0.2) is 5.76 Å². The highest BCUT2D eigenvalue weighted by Gasteiger charge is 2.27. The maximum Gasteiger partial charge on any atom is 0.236 e. The Morgan fingerprint density at radius 2 is 2.24 bits per heavy atom. The zero-order chi connectivity index (χ0) is 14.7. The van der Waals surface area contributed by atoms with Crippen LogP contribution in [0.2, 0.25) is 0 Å². The first-order chi connectivity index (χ1) is 10.2. The Hall–Kier alpha value is -2.18. The first-order valence-corrected chi connectivity index (χ1v) is 6.99. The maximum absolute atomic E-state index is 11.5. The average Bonchev–Trinajstić information content (AvgIpc) is 2.97. The number of nitrogens with two attached hydrogens (primary N) is 1. The second-order valence-electron chi connectivity index (χ2n) is 5.14. The van der Waals surface area contributed by atoms with Crippen LogP contribution in [0.3, 0.4) is 0 Å². The van der Waals surface area contributed by atoms with Gasteiger partial charge in [-0.15, -0.1) is 0 Å². The van der Waals surface area contributed by atoms with Gasteiger partial charge in [0.25, 0.3) is 0 Å². The van der Waals surface area contributed by atoms with Crippen molar-refractivity contribution in [2.75, 3.05) is 19.6 Å². The average molecular weight is 286 g/mol. The van der Waals surface area contributed by atoms with Gasteiger partial charge in [-0.25, -0.2) is 0 Å². The summed E-state index contributed by atoms with van der Waals surface area (Å²) in [6.45, 7) is 2.75. The molecular weight excluding hydrogens is 268 g/mol. The van der Waals surface area contributed by atoms with Crippen molar-refractivity contribution in [2.24, 2.45) is 5.73 Å². The first kappa shape index (κ1) is 13.8. The van der Waals surface area contributed by atoms with E-state index in [1.165, 1.54) is 0 Å². The second kappa shape index (κ2) is 6.07. The Labute approximate surface area is 122 Å². The Morgan fingerprint density at radius 1 is 1.43 bits per heavy atom. The number of aromatic nitrogens is 1. The van der Waals surface area contributed by atoms with Crippen LogP contribution in [0.15, 0.2) is 40.9 Å². The highest BCUT2D eigenvalue weighted by molar-refractivity contribution is 5.80. The van der Waals surface area contributed by atoms with E-state index in [1.807, 2.05) is 41.3 Å². The van der Waals surface area contributed by atoms with Crippen molar-refractivity contribution < 1.29 is 9.32 Å². The van der Waals surface area contributed by atoms with Crippen LogP contribution >= 0.6 is 0 Å². The molecule has 1 aromatic carbocycles. The van der Waals surface area contributed by atoms with Gasteiger partial charge in [-0.3, -0.25) is 9.69 Å². The van der Waals surface area contributed by atoms with Gasteiger partial charge in [0.1, 0.15) is 6.04 Å². The molecular formula is C15H18N4O2. The molecule has 3 N–H and O–H groups in total. The van der Waals surface area contributed by atoms with Crippen molar-refractivity contribution in [3.8, 4) is 11.3 Å². The topological polar surface area (TPSA) is 84.4 Å². The molecule has 6 heteroatoms. The Kier molecular flexibility index (Phi) is 3.98. The van der Waals surface area contributed by atoms with E-state index in [1.54, 1.807) is 0 Å². The largest absolute Gasteiger partial charge is 0.368 e. The highest BCUT2D eigenvalue weighted by atomic mass is 16.5. The van der Waals surface area contributed by atoms with Crippen LogP contribution in [0.4, 0.5) is 0 Å². The van der Waals surface area contributed by atoms with Gasteiger partial charge in [0.2, 0.25) is 5.91 Å². The lowest BCUT2D eigenvalue weighted by atomic mass is 10.1. The molecule has 2 heterocycles. The summed E-state index contributed by atoms with van der Waals surface area (Å²) in [6, 6.07) is 11.4. The summed E-state index contributed by atoms with van der Waals surface area (Å²) in [5.74, 6) is 0.422. The highest BCUT2D eigenvalue weighted by Crippen LogP contribution is 2.21. The third kappa shape index (κ3) is 3.12. The van der Waals surface area contributed by atoms with Crippen molar-refractivity contribution >= 4 is 5.91 Å². The zero-order valence-corrected chi connectivity index (χ0v) is 11.7. The predicted molar refractivity (Wildman–Crippen MR) is 78.2 cm³/mol. The van der Waals surface area contributed by atoms with Crippen molar-refractivity contribution in [3.63, 3.8) is 0 Å². The lowest BCUT2D eigenvalue weighted by Crippen LogP contribution is -2.56. The summed E-state index contributed by atoms with van der Waals surface area (Å²) in [5, 5.41) is 7.27. The number of nitrogens with one attached hydrogen (secondary N) is 1. The van der Waals surface area contributed by atoms with Crippen LogP contribution in [-0.4, -0.2) is 41.6 Å². The Bertz CT molecular complexity index is 611. The van der Waals surface area contributed by atoms with Crippen LogP contribution in [0.25, 0.3) is 11.3 Å². The van der Waals surface area contributed by atoms with E-state index in [4.69, 9.17) is 10.3 Å². The fourth-order valence-corrected chi connectivity index (χ4v) is 2.55. The molecule has 3 rings (SSSR count). The number of primary amides is 1. The third-order valence-corrected chi connectivity index (χ3v) is 3.67. The minimum atomic E-state index is -0.311. The number of carbonyl (C=O) groups is 1. The van der Waals surface area contributed by atoms with Crippen LogP contribution in [0, 0.1) is 0 Å². The van der Waals surface area contributed by atoms with E-state index >= 15 is 0 Å². The van der Waals surface area contributed by atoms with Crippen molar-refractivity contribution in [1.82, 2.24) is 15.4 Å². The molecule has 1 aromatic heterocycles. The summed E-state index contributed by atoms with van der Waals surface area (Å²) in [7, 11) is 0. The zero-order valence-electron chi connectivity index (χ0n) is 11.7. The number of piperazine rings is 1. The minimum absolute atomic E-state index is 0.296. The fraction of sp³-hybridized carbons (Fsp3) is 0.333. The second-order valence-corrected chi connectivity index (χ2v) is 5.14. The molecule has 21 heavy (non-hydrogen) atoms. The third-order valence-electron chi connectivity index (χ3n) is 3.67. The molecule has 1 amide bonds. The van der Waals surface area contributed by atoms with E-state index in [-0.39, 0.29) is 11.9 Å². The molecule has 1 fully saturated rings. The number of rotatable bonds is 4. The quantitative estimate of drug-likeness (QED) is 0.860. The smallest absolute Gasteiger partial charge is 0.236 e. The first-order valence-electron chi connectivity index (χ1n) is 6.99. The molecule has 1 saturated heterocycles. The molecule has 0 spiro atoms. The number of amides is 1.